The van der Waals surface area contributed by atoms with Crippen LogP contribution in [0.1, 0.15) is 13.3 Å². The number of pyridine rings is 1. The van der Waals surface area contributed by atoms with Gasteiger partial charge in [-0.25, -0.2) is 4.98 Å². The SMILES string of the molecule is CCCSc1ccnc(F)c1. The molecule has 1 aromatic heterocycles. The van der Waals surface area contributed by atoms with Crippen molar-refractivity contribution in [3.05, 3.63) is 24.3 Å². The minimum Gasteiger partial charge on any atom is -0.228 e. The molecular weight excluding hydrogens is 161 g/mol. The molecule has 1 nitrogen and oxygen atoms in total. The summed E-state index contributed by atoms with van der Waals surface area (Å²) in [4.78, 5) is 4.43. The first kappa shape index (κ1) is 8.53. The number of rotatable bonds is 3. The van der Waals surface area contributed by atoms with E-state index in [1.807, 2.05) is 6.07 Å². The molecule has 0 N–H and O–H groups in total. The highest BCUT2D eigenvalue weighted by Gasteiger charge is 1.94. The van der Waals surface area contributed by atoms with Gasteiger partial charge in [0, 0.05) is 17.2 Å². The summed E-state index contributed by atoms with van der Waals surface area (Å²) >= 11 is 1.65. The van der Waals surface area contributed by atoms with Gasteiger partial charge in [0.05, 0.1) is 0 Å². The molecule has 0 aliphatic heterocycles. The Morgan fingerprint density at radius 1 is 1.64 bits per heavy atom. The lowest BCUT2D eigenvalue weighted by atomic mass is 10.5. The fourth-order valence-electron chi connectivity index (χ4n) is 0.694. The molecule has 0 bridgehead atoms. The van der Waals surface area contributed by atoms with Crippen LogP contribution in [-0.2, 0) is 0 Å². The van der Waals surface area contributed by atoms with Crippen molar-refractivity contribution in [2.75, 3.05) is 5.75 Å². The third kappa shape index (κ3) is 2.89. The quantitative estimate of drug-likeness (QED) is 0.512. The van der Waals surface area contributed by atoms with Crippen LogP contribution >= 0.6 is 11.8 Å². The topological polar surface area (TPSA) is 12.9 Å². The Hall–Kier alpha value is -0.570. The molecule has 1 heterocycles. The van der Waals surface area contributed by atoms with E-state index in [2.05, 4.69) is 11.9 Å². The molecule has 0 saturated heterocycles. The molecule has 1 rings (SSSR count). The van der Waals surface area contributed by atoms with Gasteiger partial charge in [-0.15, -0.1) is 11.8 Å². The van der Waals surface area contributed by atoms with Gasteiger partial charge in [0.15, 0.2) is 0 Å². The average molecular weight is 171 g/mol. The van der Waals surface area contributed by atoms with Crippen LogP contribution in [0, 0.1) is 5.95 Å². The van der Waals surface area contributed by atoms with Gasteiger partial charge < -0.3 is 0 Å². The third-order valence-corrected chi connectivity index (χ3v) is 2.37. The van der Waals surface area contributed by atoms with Gasteiger partial charge in [-0.3, -0.25) is 0 Å². The molecule has 0 aliphatic carbocycles. The molecule has 0 atom stereocenters. The summed E-state index contributed by atoms with van der Waals surface area (Å²) < 4.78 is 12.5. The van der Waals surface area contributed by atoms with E-state index >= 15 is 0 Å². The van der Waals surface area contributed by atoms with E-state index < -0.39 is 5.95 Å². The van der Waals surface area contributed by atoms with E-state index in [9.17, 15) is 4.39 Å². The maximum absolute atomic E-state index is 12.5. The second-order valence-electron chi connectivity index (χ2n) is 2.16. The minimum atomic E-state index is -0.397. The van der Waals surface area contributed by atoms with Crippen LogP contribution in [0.25, 0.3) is 0 Å². The first-order chi connectivity index (χ1) is 5.33. The van der Waals surface area contributed by atoms with Crippen LogP contribution in [0.15, 0.2) is 23.2 Å². The summed E-state index contributed by atoms with van der Waals surface area (Å²) in [5.41, 5.74) is 0. The number of hydrogen-bond acceptors (Lipinski definition) is 2. The molecule has 0 radical (unpaired) electrons. The molecule has 11 heavy (non-hydrogen) atoms. The Morgan fingerprint density at radius 2 is 2.45 bits per heavy atom. The van der Waals surface area contributed by atoms with Crippen LogP contribution in [0.5, 0.6) is 0 Å². The third-order valence-electron chi connectivity index (χ3n) is 1.17. The van der Waals surface area contributed by atoms with E-state index in [0.29, 0.717) is 0 Å². The molecular formula is C8H10FNS. The molecule has 60 valence electrons. The Bertz CT molecular complexity index is 227. The van der Waals surface area contributed by atoms with Gasteiger partial charge in [0.25, 0.3) is 0 Å². The lowest BCUT2D eigenvalue weighted by Crippen LogP contribution is -1.82. The van der Waals surface area contributed by atoms with Crippen molar-refractivity contribution in [2.45, 2.75) is 18.2 Å². The zero-order valence-corrected chi connectivity index (χ0v) is 7.20. The van der Waals surface area contributed by atoms with Crippen molar-refractivity contribution in [2.24, 2.45) is 0 Å². The molecule has 0 unspecified atom stereocenters. The van der Waals surface area contributed by atoms with E-state index in [4.69, 9.17) is 0 Å². The Balaban J connectivity index is 2.56. The van der Waals surface area contributed by atoms with Gasteiger partial charge in [-0.05, 0) is 18.2 Å². The maximum Gasteiger partial charge on any atom is 0.213 e. The number of thioether (sulfide) groups is 1. The van der Waals surface area contributed by atoms with Crippen molar-refractivity contribution in [3.8, 4) is 0 Å². The highest BCUT2D eigenvalue weighted by Crippen LogP contribution is 2.17. The Kier molecular flexibility index (Phi) is 3.36. The average Bonchev–Trinajstić information content (AvgIpc) is 2.01. The second kappa shape index (κ2) is 4.34. The number of hydrogen-bond donors (Lipinski definition) is 0. The van der Waals surface area contributed by atoms with Crippen LogP contribution < -0.4 is 0 Å². The van der Waals surface area contributed by atoms with Gasteiger partial charge in [-0.2, -0.15) is 4.39 Å². The zero-order valence-electron chi connectivity index (χ0n) is 6.38. The first-order valence-corrected chi connectivity index (χ1v) is 4.56. The first-order valence-electron chi connectivity index (χ1n) is 3.57. The van der Waals surface area contributed by atoms with E-state index in [-0.39, 0.29) is 0 Å². The summed E-state index contributed by atoms with van der Waals surface area (Å²) in [7, 11) is 0. The minimum absolute atomic E-state index is 0.397. The summed E-state index contributed by atoms with van der Waals surface area (Å²) in [5.74, 6) is 0.634. The van der Waals surface area contributed by atoms with Gasteiger partial charge >= 0.3 is 0 Å². The molecule has 0 spiro atoms. The van der Waals surface area contributed by atoms with Crippen LogP contribution in [0.3, 0.4) is 0 Å². The molecule has 3 heteroatoms. The molecule has 0 aliphatic rings. The van der Waals surface area contributed by atoms with Crippen molar-refractivity contribution >= 4 is 11.8 Å². The summed E-state index contributed by atoms with van der Waals surface area (Å²) in [6.45, 7) is 2.10. The molecule has 0 fully saturated rings. The van der Waals surface area contributed by atoms with Gasteiger partial charge in [-0.1, -0.05) is 6.92 Å². The highest BCUT2D eigenvalue weighted by atomic mass is 32.2. The zero-order chi connectivity index (χ0) is 8.10. The van der Waals surface area contributed by atoms with Crippen molar-refractivity contribution in [3.63, 3.8) is 0 Å². The maximum atomic E-state index is 12.5. The van der Waals surface area contributed by atoms with Crippen LogP contribution in [-0.4, -0.2) is 10.7 Å². The smallest absolute Gasteiger partial charge is 0.213 e. The lowest BCUT2D eigenvalue weighted by molar-refractivity contribution is 0.579. The number of aromatic nitrogens is 1. The monoisotopic (exact) mass is 171 g/mol. The largest absolute Gasteiger partial charge is 0.228 e. The Labute approximate surface area is 70.0 Å². The molecule has 1 aromatic rings. The molecule has 0 aromatic carbocycles. The fourth-order valence-corrected chi connectivity index (χ4v) is 1.47. The van der Waals surface area contributed by atoms with Crippen LogP contribution in [0.4, 0.5) is 4.39 Å². The summed E-state index contributed by atoms with van der Waals surface area (Å²) in [6.07, 6.45) is 2.60. The highest BCUT2D eigenvalue weighted by molar-refractivity contribution is 7.99. The Morgan fingerprint density at radius 3 is 3.09 bits per heavy atom. The second-order valence-corrected chi connectivity index (χ2v) is 3.33. The van der Waals surface area contributed by atoms with Gasteiger partial charge in [0.2, 0.25) is 5.95 Å². The van der Waals surface area contributed by atoms with Crippen molar-refractivity contribution < 1.29 is 4.39 Å². The fraction of sp³-hybridized carbons (Fsp3) is 0.375. The standard InChI is InChI=1S/C8H10FNS/c1-2-5-11-7-3-4-10-8(9)6-7/h3-4,6H,2,5H2,1H3. The normalized spacial score (nSPS) is 10.0. The van der Waals surface area contributed by atoms with E-state index in [1.54, 1.807) is 11.8 Å². The van der Waals surface area contributed by atoms with Crippen molar-refractivity contribution in [1.29, 1.82) is 0 Å². The molecule has 0 amide bonds. The number of nitrogens with zero attached hydrogens (tertiary/aromatic N) is 1. The van der Waals surface area contributed by atoms with Gasteiger partial charge in [0.1, 0.15) is 0 Å². The lowest BCUT2D eigenvalue weighted by Gasteiger charge is -1.97. The van der Waals surface area contributed by atoms with E-state index in [0.717, 1.165) is 17.1 Å². The number of halogens is 1. The summed E-state index contributed by atoms with van der Waals surface area (Å²) in [6, 6.07) is 3.28. The molecule has 0 saturated carbocycles. The van der Waals surface area contributed by atoms with Crippen LogP contribution in [0.2, 0.25) is 0 Å². The predicted octanol–water partition coefficient (Wildman–Crippen LogP) is 2.72. The van der Waals surface area contributed by atoms with Crippen molar-refractivity contribution in [1.82, 2.24) is 4.98 Å². The van der Waals surface area contributed by atoms with E-state index in [1.165, 1.54) is 12.3 Å². The summed E-state index contributed by atoms with van der Waals surface area (Å²) in [5, 5.41) is 0. The predicted molar refractivity (Wildman–Crippen MR) is 45.2 cm³/mol.